The van der Waals surface area contributed by atoms with Crippen molar-refractivity contribution in [2.45, 2.75) is 10.8 Å². The van der Waals surface area contributed by atoms with Gasteiger partial charge in [-0.1, -0.05) is 400 Å². The van der Waals surface area contributed by atoms with E-state index in [0.717, 1.165) is 143 Å². The molecule has 0 aliphatic heterocycles. The molecule has 4 aliphatic carbocycles. The Labute approximate surface area is 792 Å². The molecule has 4 aliphatic rings. The molecule has 32 rings (SSSR count). The van der Waals surface area contributed by atoms with Gasteiger partial charge >= 0.3 is 0 Å². The van der Waals surface area contributed by atoms with Crippen molar-refractivity contribution < 1.29 is 17.7 Å². The summed E-state index contributed by atoms with van der Waals surface area (Å²) < 4.78 is 26.7. The number of fused-ring (bicyclic) bond motifs is 40. The molecular weight excluding hydrogens is 1670 g/mol. The predicted molar refractivity (Wildman–Crippen MR) is 572 cm³/mol. The molecule has 0 radical (unpaired) electrons. The predicted octanol–water partition coefficient (Wildman–Crippen LogP) is 36.6. The average Bonchev–Trinajstić information content (AvgIpc) is 1.50. The Bertz CT molecular complexity index is 9850. The number of para-hydroxylation sites is 6. The van der Waals surface area contributed by atoms with Gasteiger partial charge < -0.3 is 17.7 Å². The van der Waals surface area contributed by atoms with Crippen molar-refractivity contribution >= 4 is 152 Å². The summed E-state index contributed by atoms with van der Waals surface area (Å²) in [6.07, 6.45) is 0. The quantitative estimate of drug-likeness (QED) is 0.156. The highest BCUT2D eigenvalue weighted by Gasteiger charge is 2.55. The van der Waals surface area contributed by atoms with E-state index in [4.69, 9.17) is 17.7 Å². The maximum atomic E-state index is 6.80. The molecule has 0 saturated carbocycles. The molecule has 0 fully saturated rings. The molecule has 28 aromatic rings. The Morgan fingerprint density at radius 1 is 0.123 bits per heavy atom. The van der Waals surface area contributed by atoms with E-state index in [1.54, 1.807) is 0 Å². The number of hydrogen-bond acceptors (Lipinski definition) is 4. The number of benzene rings is 24. The maximum absolute atomic E-state index is 6.80. The molecule has 0 unspecified atom stereocenters. The fourth-order valence-electron chi connectivity index (χ4n) is 25.9. The van der Waals surface area contributed by atoms with Crippen LogP contribution in [0.15, 0.2) is 479 Å². The van der Waals surface area contributed by atoms with E-state index >= 15 is 0 Å². The number of hydrogen-bond donors (Lipinski definition) is 0. The first-order chi connectivity index (χ1) is 68.5. The molecule has 138 heavy (non-hydrogen) atoms. The monoisotopic (exact) mass is 1750 g/mol. The van der Waals surface area contributed by atoms with Gasteiger partial charge in [0, 0.05) is 54.2 Å². The van der Waals surface area contributed by atoms with Crippen LogP contribution in [0.5, 0.6) is 0 Å². The molecule has 4 heteroatoms. The van der Waals surface area contributed by atoms with Gasteiger partial charge in [0.1, 0.15) is 44.7 Å². The SMILES string of the molecule is c1ccc2c(c1)-c1ccccc1C21c2cccc(-c3c4cccc(-c5ccc6c(c5)oc5ccccc56)c4cc4c(-c5ccc6c(c5)oc5ccccc56)cccc34)c2-c2c1ccc1ccccc21.c1ccc2c(c1)-c1ccccc1C21c2cccc(-c3c4cccc(-c5cccc6c5oc5ccccc56)c4cc4c(-c5cccc6c5oc5ccccc56)cccc34)c2-c2c1ccc1ccccc21. The Hall–Kier alpha value is -18.0. The molecule has 0 atom stereocenters. The zero-order valence-electron chi connectivity index (χ0n) is 74.5. The van der Waals surface area contributed by atoms with E-state index in [9.17, 15) is 0 Å². The van der Waals surface area contributed by atoms with Gasteiger partial charge in [-0.15, -0.1) is 0 Å². The van der Waals surface area contributed by atoms with Crippen LogP contribution >= 0.6 is 0 Å². The lowest BCUT2D eigenvalue weighted by Crippen LogP contribution is -2.25. The van der Waals surface area contributed by atoms with Gasteiger partial charge in [-0.3, -0.25) is 0 Å². The van der Waals surface area contributed by atoms with Crippen molar-refractivity contribution in [2.24, 2.45) is 0 Å². The van der Waals surface area contributed by atoms with Crippen molar-refractivity contribution in [2.75, 3.05) is 0 Å². The lowest BCUT2D eigenvalue weighted by molar-refractivity contribution is 0.668. The molecule has 24 aromatic carbocycles. The Morgan fingerprint density at radius 3 is 0.775 bits per heavy atom. The molecule has 636 valence electrons. The Kier molecular flexibility index (Phi) is 15.5. The maximum Gasteiger partial charge on any atom is 0.143 e. The van der Waals surface area contributed by atoms with E-state index in [-0.39, 0.29) is 0 Å². The van der Waals surface area contributed by atoms with Gasteiger partial charge in [-0.25, -0.2) is 0 Å². The largest absolute Gasteiger partial charge is 0.456 e. The van der Waals surface area contributed by atoms with Crippen molar-refractivity contribution in [3.63, 3.8) is 0 Å². The minimum absolute atomic E-state index is 0.501. The molecule has 0 amide bonds. The van der Waals surface area contributed by atoms with Crippen molar-refractivity contribution in [3.8, 4) is 111 Å². The Morgan fingerprint density at radius 2 is 0.384 bits per heavy atom. The van der Waals surface area contributed by atoms with Crippen molar-refractivity contribution in [3.05, 3.63) is 506 Å². The van der Waals surface area contributed by atoms with Crippen LogP contribution in [0.3, 0.4) is 0 Å². The van der Waals surface area contributed by atoms with Gasteiger partial charge in [-0.05, 0) is 270 Å². The molecule has 2 spiro atoms. The third-order valence-corrected chi connectivity index (χ3v) is 31.4. The van der Waals surface area contributed by atoms with Crippen LogP contribution in [-0.4, -0.2) is 0 Å². The summed E-state index contributed by atoms with van der Waals surface area (Å²) in [5.41, 5.74) is 41.1. The fourth-order valence-corrected chi connectivity index (χ4v) is 25.9. The molecule has 4 heterocycles. The summed E-state index contributed by atoms with van der Waals surface area (Å²) in [6, 6.07) is 171. The summed E-state index contributed by atoms with van der Waals surface area (Å²) in [6.45, 7) is 0. The van der Waals surface area contributed by atoms with Gasteiger partial charge in [0.05, 0.1) is 10.8 Å². The zero-order chi connectivity index (χ0) is 89.9. The molecule has 4 nitrogen and oxygen atoms in total. The highest BCUT2D eigenvalue weighted by molar-refractivity contribution is 6.27. The van der Waals surface area contributed by atoms with Crippen LogP contribution in [0, 0.1) is 0 Å². The van der Waals surface area contributed by atoms with Gasteiger partial charge in [-0.2, -0.15) is 0 Å². The average molecular weight is 1750 g/mol. The lowest BCUT2D eigenvalue weighted by atomic mass is 9.70. The minimum atomic E-state index is -0.511. The van der Waals surface area contributed by atoms with Crippen LogP contribution in [-0.2, 0) is 10.8 Å². The van der Waals surface area contributed by atoms with E-state index in [0.29, 0.717) is 0 Å². The second kappa shape index (κ2) is 28.3. The van der Waals surface area contributed by atoms with Crippen LogP contribution < -0.4 is 0 Å². The van der Waals surface area contributed by atoms with Gasteiger partial charge in [0.25, 0.3) is 0 Å². The smallest absolute Gasteiger partial charge is 0.143 e. The third kappa shape index (κ3) is 10.1. The molecule has 0 bridgehead atoms. The first-order valence-corrected chi connectivity index (χ1v) is 47.8. The van der Waals surface area contributed by atoms with E-state index in [1.807, 2.05) is 12.1 Å². The van der Waals surface area contributed by atoms with Gasteiger partial charge in [0.2, 0.25) is 0 Å². The first kappa shape index (κ1) is 75.6. The highest BCUT2D eigenvalue weighted by Crippen LogP contribution is 2.69. The first-order valence-electron chi connectivity index (χ1n) is 47.8. The molecule has 0 saturated heterocycles. The fraction of sp³-hybridized carbons (Fsp3) is 0.0149. The van der Waals surface area contributed by atoms with Crippen molar-refractivity contribution in [1.29, 1.82) is 0 Å². The van der Waals surface area contributed by atoms with Crippen LogP contribution in [0.25, 0.3) is 264 Å². The zero-order valence-corrected chi connectivity index (χ0v) is 74.5. The standard InChI is InChI=1S/2C67H38O2/c1-2-17-40-39(16-1)36-37-59-63(40)64-53(30-15-33-58(64)67(59)56-31-7-3-18-43(56)44-19-4-8-32-57(44)67)62-47-24-11-22-41(49-26-13-28-51-45-20-5-9-34-60(45)68-65(49)51)54(47)38-55-42(23-12-25-48(55)62)50-27-14-29-52-46-21-6-10-35-61(46)69-66(50)52;1-2-15-44-39(14-1)32-35-59-65(44)66-53(24-13-27-58(66)67(59)56-25-7-3-16-45(56)46-17-4-8-26-57(46)67)64-51-22-11-20-42(40-30-33-49-47-18-5-9-28-60(47)68-62(49)36-40)54(51)38-55-43(21-12-23-52(55)64)41-31-34-50-48-19-6-10-29-61(48)69-63(50)37-41/h2*1-38H. The molecule has 4 aromatic heterocycles. The van der Waals surface area contributed by atoms with E-state index < -0.39 is 10.8 Å². The normalized spacial score (nSPS) is 13.3. The summed E-state index contributed by atoms with van der Waals surface area (Å²) in [4.78, 5) is 0. The van der Waals surface area contributed by atoms with Crippen LogP contribution in [0.1, 0.15) is 44.5 Å². The molecule has 0 N–H and O–H groups in total. The minimum Gasteiger partial charge on any atom is -0.456 e. The topological polar surface area (TPSA) is 52.6 Å². The second-order valence-electron chi connectivity index (χ2n) is 37.8. The second-order valence-corrected chi connectivity index (χ2v) is 37.8. The number of furan rings is 4. The van der Waals surface area contributed by atoms with E-state index in [1.165, 1.54) is 165 Å². The Balaban J connectivity index is 0.000000128. The summed E-state index contributed by atoms with van der Waals surface area (Å²) >= 11 is 0. The number of rotatable bonds is 6. The highest BCUT2D eigenvalue weighted by atomic mass is 16.3. The summed E-state index contributed by atoms with van der Waals surface area (Å²) in [5.74, 6) is 0. The molecular formula is C134H76O4. The van der Waals surface area contributed by atoms with Crippen LogP contribution in [0.2, 0.25) is 0 Å². The third-order valence-electron chi connectivity index (χ3n) is 31.4. The summed E-state index contributed by atoms with van der Waals surface area (Å²) in [5, 5.41) is 23.5. The van der Waals surface area contributed by atoms with Crippen LogP contribution in [0.4, 0.5) is 0 Å². The van der Waals surface area contributed by atoms with Gasteiger partial charge in [0.15, 0.2) is 0 Å². The van der Waals surface area contributed by atoms with E-state index in [2.05, 4.69) is 449 Å². The summed E-state index contributed by atoms with van der Waals surface area (Å²) in [7, 11) is 0. The van der Waals surface area contributed by atoms with Crippen molar-refractivity contribution in [1.82, 2.24) is 0 Å². The lowest BCUT2D eigenvalue weighted by Gasteiger charge is -2.30.